The lowest BCUT2D eigenvalue weighted by Gasteiger charge is -2.41. The van der Waals surface area contributed by atoms with Crippen molar-refractivity contribution in [3.8, 4) is 5.88 Å². The summed E-state index contributed by atoms with van der Waals surface area (Å²) < 4.78 is 63.9. The maximum Gasteiger partial charge on any atom is 0.427 e. The lowest BCUT2D eigenvalue weighted by molar-refractivity contribution is -0.133. The summed E-state index contributed by atoms with van der Waals surface area (Å²) in [6.07, 6.45) is 2.38. The largest absolute Gasteiger partial charge is 0.478 e. The van der Waals surface area contributed by atoms with E-state index in [0.29, 0.717) is 48.7 Å². The number of hydrogen-bond donors (Lipinski definition) is 1. The van der Waals surface area contributed by atoms with E-state index in [1.165, 1.54) is 47.7 Å². The highest BCUT2D eigenvalue weighted by atomic mass is 32.2. The van der Waals surface area contributed by atoms with E-state index in [0.717, 1.165) is 25.9 Å². The Bertz CT molecular complexity index is 1750. The summed E-state index contributed by atoms with van der Waals surface area (Å²) in [4.78, 5) is 42.7. The highest BCUT2D eigenvalue weighted by molar-refractivity contribution is 7.93. The summed E-state index contributed by atoms with van der Waals surface area (Å²) in [6.45, 7) is 5.88. The molecule has 0 aliphatic carbocycles. The third-order valence-electron chi connectivity index (χ3n) is 8.88. The Labute approximate surface area is 271 Å². The molecule has 0 bridgehead atoms. The van der Waals surface area contributed by atoms with Crippen LogP contribution in [0.1, 0.15) is 30.9 Å². The number of anilines is 1. The van der Waals surface area contributed by atoms with Crippen LogP contribution in [0.2, 0.25) is 0 Å². The Morgan fingerprint density at radius 3 is 2.34 bits per heavy atom. The molecule has 3 aliphatic heterocycles. The van der Waals surface area contributed by atoms with Gasteiger partial charge >= 0.3 is 6.09 Å². The summed E-state index contributed by atoms with van der Waals surface area (Å²) in [5, 5.41) is 4.02. The summed E-state index contributed by atoms with van der Waals surface area (Å²) in [5.41, 5.74) is -3.33. The molecule has 47 heavy (non-hydrogen) atoms. The predicted molar refractivity (Wildman–Crippen MR) is 167 cm³/mol. The second-order valence-electron chi connectivity index (χ2n) is 11.7. The molecule has 3 aliphatic rings. The van der Waals surface area contributed by atoms with Gasteiger partial charge in [0.1, 0.15) is 0 Å². The quantitative estimate of drug-likeness (QED) is 0.383. The number of rotatable bonds is 8. The van der Waals surface area contributed by atoms with E-state index in [2.05, 4.69) is 27.1 Å². The number of hydrogen-bond acceptors (Lipinski definition) is 10. The van der Waals surface area contributed by atoms with Crippen LogP contribution in [0, 0.1) is 11.6 Å². The minimum absolute atomic E-state index is 0.0890. The van der Waals surface area contributed by atoms with Crippen LogP contribution in [0.15, 0.2) is 65.7 Å². The van der Waals surface area contributed by atoms with E-state index in [4.69, 9.17) is 9.57 Å². The molecule has 4 heterocycles. The number of carbonyl (C=O) groups excluding carboxylic acids is 2. The van der Waals surface area contributed by atoms with Crippen molar-refractivity contribution < 1.29 is 36.4 Å². The number of nitrogens with one attached hydrogen (secondary N) is 1. The number of nitrogens with zero attached hydrogens (tertiary/aromatic N) is 5. The third-order valence-corrected chi connectivity index (χ3v) is 10.6. The van der Waals surface area contributed by atoms with Crippen LogP contribution in [0.4, 0.5) is 19.3 Å². The first-order chi connectivity index (χ1) is 22.6. The molecule has 2 aromatic carbocycles. The van der Waals surface area contributed by atoms with Crippen molar-refractivity contribution in [3.05, 3.63) is 83.6 Å². The first-order valence-electron chi connectivity index (χ1n) is 15.5. The molecule has 1 N–H and O–H groups in total. The second kappa shape index (κ2) is 13.1. The van der Waals surface area contributed by atoms with Crippen molar-refractivity contribution in [2.24, 2.45) is 0 Å². The van der Waals surface area contributed by atoms with Crippen molar-refractivity contribution in [2.75, 3.05) is 57.2 Å². The lowest BCUT2D eigenvalue weighted by atomic mass is 9.84. The number of ether oxygens (including phenoxy) is 1. The highest BCUT2D eigenvalue weighted by Gasteiger charge is 2.59. The zero-order valence-corrected chi connectivity index (χ0v) is 26.9. The minimum Gasteiger partial charge on any atom is -0.478 e. The van der Waals surface area contributed by atoms with Gasteiger partial charge in [-0.25, -0.2) is 27.0 Å². The van der Waals surface area contributed by atoms with Crippen LogP contribution in [-0.2, 0) is 25.2 Å². The average molecular weight is 671 g/mol. The molecule has 0 saturated carbocycles. The zero-order valence-electron chi connectivity index (χ0n) is 26.1. The third kappa shape index (κ3) is 6.04. The molecule has 250 valence electrons. The number of halogens is 2. The fraction of sp³-hybridized carbons (Fsp3) is 0.406. The topological polar surface area (TPSA) is 125 Å². The van der Waals surface area contributed by atoms with Gasteiger partial charge < -0.3 is 14.5 Å². The zero-order chi connectivity index (χ0) is 33.3. The fourth-order valence-electron chi connectivity index (χ4n) is 6.51. The molecule has 2 fully saturated rings. The van der Waals surface area contributed by atoms with Crippen LogP contribution < -0.4 is 14.4 Å². The SMILES string of the molecule is CCOc1ncccc1C1(NC(=O)ON2CCN(C3CCN(C)CC3)CC2)C(=O)N(S(=O)(=O)c2ccccc2)c2cc(F)c(F)cc21. The summed E-state index contributed by atoms with van der Waals surface area (Å²) in [5.74, 6) is -4.09. The maximum absolute atomic E-state index is 15.0. The first kappa shape index (κ1) is 32.7. The Hall–Kier alpha value is -4.18. The number of benzene rings is 2. The van der Waals surface area contributed by atoms with Gasteiger partial charge in [0.25, 0.3) is 15.9 Å². The predicted octanol–water partition coefficient (Wildman–Crippen LogP) is 3.09. The Balaban J connectivity index is 1.37. The van der Waals surface area contributed by atoms with Crippen molar-refractivity contribution in [1.82, 2.24) is 25.2 Å². The number of pyridine rings is 1. The number of fused-ring (bicyclic) bond motifs is 1. The van der Waals surface area contributed by atoms with Gasteiger partial charge in [-0.2, -0.15) is 4.31 Å². The van der Waals surface area contributed by atoms with E-state index < -0.39 is 44.9 Å². The second-order valence-corrected chi connectivity index (χ2v) is 13.5. The number of aromatic nitrogens is 1. The van der Waals surface area contributed by atoms with Crippen LogP contribution in [-0.4, -0.2) is 99.2 Å². The number of amides is 2. The summed E-state index contributed by atoms with van der Waals surface area (Å²) >= 11 is 0. The van der Waals surface area contributed by atoms with E-state index in [1.54, 1.807) is 13.0 Å². The molecule has 1 aromatic heterocycles. The van der Waals surface area contributed by atoms with E-state index in [-0.39, 0.29) is 28.5 Å². The number of piperidine rings is 1. The summed E-state index contributed by atoms with van der Waals surface area (Å²) in [6, 6.07) is 11.7. The molecule has 6 rings (SSSR count). The Kier molecular flexibility index (Phi) is 9.16. The molecule has 1 atom stereocenters. The van der Waals surface area contributed by atoms with Gasteiger partial charge in [-0.15, -0.1) is 5.06 Å². The standard InChI is InChI=1S/C32H36F2N6O6S/c1-3-45-29-24(10-7-13-35-29)32(36-31(42)46-39-18-16-38(17-19-39)22-11-14-37(2)15-12-22)25-20-26(33)27(34)21-28(25)40(30(32)41)47(43,44)23-8-5-4-6-9-23/h4-10,13,20-22H,3,11-12,14-19H2,1-2H3,(H,36,42). The number of likely N-dealkylation sites (tertiary alicyclic amines) is 1. The molecular formula is C32H36F2N6O6S. The molecule has 1 unspecified atom stereocenters. The van der Waals surface area contributed by atoms with Gasteiger partial charge in [-0.1, -0.05) is 18.2 Å². The molecule has 15 heteroatoms. The summed E-state index contributed by atoms with van der Waals surface area (Å²) in [7, 11) is -2.59. The van der Waals surface area contributed by atoms with Gasteiger partial charge in [0.2, 0.25) is 5.88 Å². The fourth-order valence-corrected chi connectivity index (χ4v) is 7.98. The number of sulfonamides is 1. The Morgan fingerprint density at radius 2 is 1.66 bits per heavy atom. The molecular weight excluding hydrogens is 634 g/mol. The average Bonchev–Trinajstić information content (AvgIpc) is 3.30. The van der Waals surface area contributed by atoms with Gasteiger partial charge in [0.15, 0.2) is 17.2 Å². The molecule has 2 amide bonds. The van der Waals surface area contributed by atoms with Crippen molar-refractivity contribution in [1.29, 1.82) is 0 Å². The maximum atomic E-state index is 15.0. The molecule has 3 aromatic rings. The molecule has 0 spiro atoms. The lowest BCUT2D eigenvalue weighted by Crippen LogP contribution is -2.57. The normalized spacial score (nSPS) is 21.4. The van der Waals surface area contributed by atoms with Crippen LogP contribution in [0.25, 0.3) is 0 Å². The molecule has 2 saturated heterocycles. The first-order valence-corrected chi connectivity index (χ1v) is 16.9. The van der Waals surface area contributed by atoms with Gasteiger partial charge in [-0.3, -0.25) is 15.0 Å². The van der Waals surface area contributed by atoms with Gasteiger partial charge in [-0.05, 0) is 70.2 Å². The van der Waals surface area contributed by atoms with E-state index in [9.17, 15) is 22.4 Å². The molecule has 0 radical (unpaired) electrons. The number of carbonyl (C=O) groups is 2. The van der Waals surface area contributed by atoms with Crippen molar-refractivity contribution in [2.45, 2.75) is 36.2 Å². The smallest absolute Gasteiger partial charge is 0.427 e. The molecule has 12 nitrogen and oxygen atoms in total. The highest BCUT2D eigenvalue weighted by Crippen LogP contribution is 2.49. The van der Waals surface area contributed by atoms with E-state index in [1.807, 2.05) is 0 Å². The van der Waals surface area contributed by atoms with Crippen LogP contribution in [0.5, 0.6) is 5.88 Å². The monoisotopic (exact) mass is 670 g/mol. The number of piperazine rings is 1. The van der Waals surface area contributed by atoms with Gasteiger partial charge in [0, 0.05) is 50.0 Å². The number of hydroxylamine groups is 2. The van der Waals surface area contributed by atoms with E-state index >= 15 is 4.39 Å². The van der Waals surface area contributed by atoms with Gasteiger partial charge in [0.05, 0.1) is 22.8 Å². The van der Waals surface area contributed by atoms with Crippen molar-refractivity contribution in [3.63, 3.8) is 0 Å². The van der Waals surface area contributed by atoms with Crippen LogP contribution >= 0.6 is 0 Å². The van der Waals surface area contributed by atoms with Crippen molar-refractivity contribution >= 4 is 27.7 Å². The Morgan fingerprint density at radius 1 is 0.979 bits per heavy atom. The van der Waals surface area contributed by atoms with Crippen LogP contribution in [0.3, 0.4) is 0 Å². The minimum atomic E-state index is -4.70.